The highest BCUT2D eigenvalue weighted by molar-refractivity contribution is 5.93. The zero-order valence-corrected chi connectivity index (χ0v) is 11.1. The van der Waals surface area contributed by atoms with Crippen molar-refractivity contribution in [2.45, 2.75) is 39.7 Å². The van der Waals surface area contributed by atoms with Crippen molar-refractivity contribution in [2.75, 3.05) is 0 Å². The summed E-state index contributed by atoms with van der Waals surface area (Å²) in [5, 5.41) is 18.2. The normalized spacial score (nSPS) is 14.3. The van der Waals surface area contributed by atoms with Gasteiger partial charge in [-0.05, 0) is 25.8 Å². The number of amides is 1. The molecule has 0 saturated carbocycles. The van der Waals surface area contributed by atoms with Gasteiger partial charge in [-0.25, -0.2) is 0 Å². The van der Waals surface area contributed by atoms with Crippen molar-refractivity contribution in [3.05, 3.63) is 17.5 Å². The number of rotatable bonds is 5. The van der Waals surface area contributed by atoms with Crippen molar-refractivity contribution >= 4 is 11.9 Å². The molecule has 0 aliphatic heterocycles. The number of aromatic nitrogens is 2. The van der Waals surface area contributed by atoms with Crippen molar-refractivity contribution in [2.24, 2.45) is 5.92 Å². The van der Waals surface area contributed by atoms with Crippen LogP contribution in [0, 0.1) is 12.8 Å². The molecule has 1 amide bonds. The highest BCUT2D eigenvalue weighted by atomic mass is 16.4. The van der Waals surface area contributed by atoms with E-state index in [1.807, 2.05) is 13.8 Å². The van der Waals surface area contributed by atoms with Gasteiger partial charge in [0.15, 0.2) is 0 Å². The first-order valence-corrected chi connectivity index (χ1v) is 5.81. The lowest BCUT2D eigenvalue weighted by molar-refractivity contribution is -0.138. The van der Waals surface area contributed by atoms with Crippen LogP contribution in [0.25, 0.3) is 0 Å². The number of aromatic amines is 1. The Balaban J connectivity index is 2.84. The smallest absolute Gasteiger partial charge is 0.305 e. The minimum atomic E-state index is -0.940. The number of aryl methyl sites for hydroxylation is 1. The fourth-order valence-corrected chi connectivity index (χ4v) is 1.56. The monoisotopic (exact) mass is 253 g/mol. The molecule has 1 atom stereocenters. The number of carboxylic acid groups (broad SMARTS) is 1. The van der Waals surface area contributed by atoms with E-state index in [-0.39, 0.29) is 23.9 Å². The second-order valence-electron chi connectivity index (χ2n) is 5.03. The molecule has 0 radical (unpaired) electrons. The van der Waals surface area contributed by atoms with Gasteiger partial charge in [-0.3, -0.25) is 14.7 Å². The summed E-state index contributed by atoms with van der Waals surface area (Å²) in [5.74, 6) is -1.31. The van der Waals surface area contributed by atoms with E-state index in [2.05, 4.69) is 15.5 Å². The maximum absolute atomic E-state index is 12.0. The van der Waals surface area contributed by atoms with E-state index >= 15 is 0 Å². The van der Waals surface area contributed by atoms with Crippen molar-refractivity contribution in [1.82, 2.24) is 15.5 Å². The number of hydrogen-bond donors (Lipinski definition) is 3. The summed E-state index contributed by atoms with van der Waals surface area (Å²) in [6, 6.07) is 1.62. The second kappa shape index (κ2) is 5.20. The minimum Gasteiger partial charge on any atom is -0.481 e. The Hall–Kier alpha value is -1.85. The minimum absolute atomic E-state index is 0.00223. The van der Waals surface area contributed by atoms with Gasteiger partial charge in [0.25, 0.3) is 5.91 Å². The average molecular weight is 253 g/mol. The predicted molar refractivity (Wildman–Crippen MR) is 66.3 cm³/mol. The molecule has 1 rings (SSSR count). The Morgan fingerprint density at radius 1 is 1.56 bits per heavy atom. The highest BCUT2D eigenvalue weighted by Crippen LogP contribution is 2.21. The van der Waals surface area contributed by atoms with E-state index in [0.717, 1.165) is 5.69 Å². The molecule has 1 aromatic rings. The largest absolute Gasteiger partial charge is 0.481 e. The van der Waals surface area contributed by atoms with E-state index in [1.54, 1.807) is 19.9 Å². The summed E-state index contributed by atoms with van der Waals surface area (Å²) >= 11 is 0. The van der Waals surface area contributed by atoms with Crippen LogP contribution in [0.4, 0.5) is 0 Å². The summed E-state index contributed by atoms with van der Waals surface area (Å²) < 4.78 is 0. The van der Waals surface area contributed by atoms with E-state index in [0.29, 0.717) is 0 Å². The van der Waals surface area contributed by atoms with Gasteiger partial charge in [-0.15, -0.1) is 0 Å². The Morgan fingerprint density at radius 3 is 2.56 bits per heavy atom. The maximum atomic E-state index is 12.0. The molecule has 6 nitrogen and oxygen atoms in total. The van der Waals surface area contributed by atoms with Gasteiger partial charge >= 0.3 is 5.97 Å². The van der Waals surface area contributed by atoms with Crippen LogP contribution in [-0.4, -0.2) is 32.7 Å². The van der Waals surface area contributed by atoms with Crippen molar-refractivity contribution < 1.29 is 14.7 Å². The number of hydrogen-bond acceptors (Lipinski definition) is 3. The summed E-state index contributed by atoms with van der Waals surface area (Å²) in [7, 11) is 0. The van der Waals surface area contributed by atoms with E-state index in [1.165, 1.54) is 0 Å². The van der Waals surface area contributed by atoms with E-state index < -0.39 is 11.5 Å². The van der Waals surface area contributed by atoms with Gasteiger partial charge in [0, 0.05) is 5.69 Å². The number of H-pyrrole nitrogens is 1. The van der Waals surface area contributed by atoms with Crippen molar-refractivity contribution in [3.63, 3.8) is 0 Å². The van der Waals surface area contributed by atoms with Crippen LogP contribution in [0.2, 0.25) is 0 Å². The SMILES string of the molecule is Cc1cc(C(=O)NC(C)(CC(=O)O)C(C)C)n[nH]1. The Kier molecular flexibility index (Phi) is 4.11. The third-order valence-electron chi connectivity index (χ3n) is 3.13. The van der Waals surface area contributed by atoms with Crippen molar-refractivity contribution in [3.8, 4) is 0 Å². The van der Waals surface area contributed by atoms with Gasteiger partial charge in [-0.2, -0.15) is 5.10 Å². The lowest BCUT2D eigenvalue weighted by atomic mass is 9.85. The molecule has 0 spiro atoms. The van der Waals surface area contributed by atoms with Crippen LogP contribution in [0.15, 0.2) is 6.07 Å². The molecule has 100 valence electrons. The molecule has 18 heavy (non-hydrogen) atoms. The maximum Gasteiger partial charge on any atom is 0.305 e. The molecular formula is C12H19N3O3. The lowest BCUT2D eigenvalue weighted by Gasteiger charge is -2.33. The van der Waals surface area contributed by atoms with Crippen LogP contribution < -0.4 is 5.32 Å². The number of carbonyl (C=O) groups excluding carboxylic acids is 1. The Bertz CT molecular complexity index is 453. The fraction of sp³-hybridized carbons (Fsp3) is 0.583. The average Bonchev–Trinajstić information content (AvgIpc) is 2.63. The van der Waals surface area contributed by atoms with E-state index in [9.17, 15) is 9.59 Å². The van der Waals surface area contributed by atoms with Crippen molar-refractivity contribution in [1.29, 1.82) is 0 Å². The number of aliphatic carboxylic acids is 1. The highest BCUT2D eigenvalue weighted by Gasteiger charge is 2.33. The first-order chi connectivity index (χ1) is 8.24. The standard InChI is InChI=1S/C12H19N3O3/c1-7(2)12(4,6-10(16)17)13-11(18)9-5-8(3)14-15-9/h5,7H,6H2,1-4H3,(H,13,18)(H,14,15)(H,16,17). The van der Waals surface area contributed by atoms with Crippen LogP contribution >= 0.6 is 0 Å². The number of carboxylic acids is 1. The zero-order chi connectivity index (χ0) is 13.9. The molecule has 0 aliphatic carbocycles. The zero-order valence-electron chi connectivity index (χ0n) is 11.1. The Morgan fingerprint density at radius 2 is 2.17 bits per heavy atom. The van der Waals surface area contributed by atoms with Gasteiger partial charge < -0.3 is 10.4 Å². The van der Waals surface area contributed by atoms with Crippen LogP contribution in [0.1, 0.15) is 43.4 Å². The summed E-state index contributed by atoms with van der Waals surface area (Å²) in [6.07, 6.45) is -0.125. The summed E-state index contributed by atoms with van der Waals surface area (Å²) in [4.78, 5) is 22.8. The third-order valence-corrected chi connectivity index (χ3v) is 3.13. The molecular weight excluding hydrogens is 234 g/mol. The predicted octanol–water partition coefficient (Wildman–Crippen LogP) is 1.34. The number of nitrogens with zero attached hydrogens (tertiary/aromatic N) is 1. The molecule has 0 bridgehead atoms. The fourth-order valence-electron chi connectivity index (χ4n) is 1.56. The first-order valence-electron chi connectivity index (χ1n) is 5.81. The Labute approximate surface area is 106 Å². The topological polar surface area (TPSA) is 95.1 Å². The molecule has 1 aromatic heterocycles. The summed E-state index contributed by atoms with van der Waals surface area (Å²) in [6.45, 7) is 7.27. The molecule has 0 fully saturated rings. The second-order valence-corrected chi connectivity index (χ2v) is 5.03. The lowest BCUT2D eigenvalue weighted by Crippen LogP contribution is -2.51. The quantitative estimate of drug-likeness (QED) is 0.737. The van der Waals surface area contributed by atoms with Gasteiger partial charge in [-0.1, -0.05) is 13.8 Å². The van der Waals surface area contributed by atoms with Crippen LogP contribution in [0.5, 0.6) is 0 Å². The number of nitrogens with one attached hydrogen (secondary N) is 2. The molecule has 6 heteroatoms. The van der Waals surface area contributed by atoms with Gasteiger partial charge in [0.1, 0.15) is 5.69 Å². The van der Waals surface area contributed by atoms with E-state index in [4.69, 9.17) is 5.11 Å². The molecule has 3 N–H and O–H groups in total. The molecule has 1 unspecified atom stereocenters. The molecule has 0 aromatic carbocycles. The molecule has 1 heterocycles. The third kappa shape index (κ3) is 3.32. The van der Waals surface area contributed by atoms with Gasteiger partial charge in [0.2, 0.25) is 0 Å². The molecule has 0 saturated heterocycles. The van der Waals surface area contributed by atoms with Crippen LogP contribution in [0.3, 0.4) is 0 Å². The van der Waals surface area contributed by atoms with Gasteiger partial charge in [0.05, 0.1) is 12.0 Å². The van der Waals surface area contributed by atoms with Crippen LogP contribution in [-0.2, 0) is 4.79 Å². The number of carbonyl (C=O) groups is 2. The summed E-state index contributed by atoms with van der Waals surface area (Å²) in [5.41, 5.74) is 0.255. The first kappa shape index (κ1) is 14.2. The molecule has 0 aliphatic rings.